The summed E-state index contributed by atoms with van der Waals surface area (Å²) in [7, 11) is -3.07. The summed E-state index contributed by atoms with van der Waals surface area (Å²) < 4.78 is 6.89. The fourth-order valence-corrected chi connectivity index (χ4v) is 17.0. The van der Waals surface area contributed by atoms with Crippen LogP contribution in [0.2, 0.25) is 0 Å². The van der Waals surface area contributed by atoms with Gasteiger partial charge in [0, 0.05) is 43.6 Å². The van der Waals surface area contributed by atoms with E-state index in [0.717, 1.165) is 76.7 Å². The van der Waals surface area contributed by atoms with Crippen LogP contribution in [0.1, 0.15) is 0 Å². The lowest BCUT2D eigenvalue weighted by Gasteiger charge is -2.35. The molecular weight excluding hydrogens is 941 g/mol. The number of benzene rings is 11. The number of nitrogens with zero attached hydrogens (tertiary/aromatic N) is 6. The van der Waals surface area contributed by atoms with Crippen molar-refractivity contribution >= 4 is 94.2 Å². The molecule has 0 bridgehead atoms. The quantitative estimate of drug-likeness (QED) is 0.107. The molecule has 0 spiro atoms. The molecule has 0 amide bonds. The topological polar surface area (TPSA) is 53.5 Å². The lowest BCUT2D eigenvalue weighted by molar-refractivity contribution is 0.894. The molecule has 11 aromatic carbocycles. The van der Waals surface area contributed by atoms with E-state index in [1.807, 2.05) is 0 Å². The number of fused-ring (bicyclic) bond motifs is 10. The first-order valence-electron chi connectivity index (χ1n) is 25.9. The first kappa shape index (κ1) is 43.6. The molecule has 15 aromatic rings. The summed E-state index contributed by atoms with van der Waals surface area (Å²) in [5.74, 6) is 1.65. The molecule has 0 atom stereocenters. The van der Waals surface area contributed by atoms with Crippen molar-refractivity contribution < 1.29 is 0 Å². The summed E-state index contributed by atoms with van der Waals surface area (Å²) in [4.78, 5) is 17.0. The van der Waals surface area contributed by atoms with E-state index in [2.05, 4.69) is 293 Å². The van der Waals surface area contributed by atoms with Crippen LogP contribution in [0.15, 0.2) is 279 Å². The summed E-state index contributed by atoms with van der Waals surface area (Å²) in [5.41, 5.74) is 10.7. The van der Waals surface area contributed by atoms with E-state index in [9.17, 15) is 0 Å². The number of para-hydroxylation sites is 5. The Hall–Kier alpha value is -9.95. The maximum absolute atomic E-state index is 5.70. The van der Waals surface area contributed by atoms with Crippen LogP contribution in [0.4, 0.5) is 0 Å². The van der Waals surface area contributed by atoms with E-state index in [0.29, 0.717) is 17.7 Å². The maximum Gasteiger partial charge on any atom is 0.240 e. The third-order valence-corrected chi connectivity index (χ3v) is 20.2. The normalized spacial score (nSPS) is 11.9. The SMILES string of the molecule is c1ccc(-c2cccc([Si](c3ccccc3)(c3ccccc3)c3cccc(-c4nc(-n5c6ccccc6c6ccccc65)nc(-n5c6ccccc6c6ccc7c(c8ccccc8n7-c7ccccc7)c65)n4)c3)c2)cc1. The predicted octanol–water partition coefficient (Wildman–Crippen LogP) is 13.9. The number of rotatable bonds is 9. The molecular formula is C69H46N6Si. The van der Waals surface area contributed by atoms with Crippen LogP contribution >= 0.6 is 0 Å². The van der Waals surface area contributed by atoms with Gasteiger partial charge in [-0.3, -0.25) is 9.13 Å². The lowest BCUT2D eigenvalue weighted by Crippen LogP contribution is -2.74. The molecule has 0 aliphatic rings. The molecule has 356 valence electrons. The highest BCUT2D eigenvalue weighted by molar-refractivity contribution is 7.20. The highest BCUT2D eigenvalue weighted by atomic mass is 28.3. The second kappa shape index (κ2) is 17.6. The van der Waals surface area contributed by atoms with E-state index in [1.54, 1.807) is 0 Å². The summed E-state index contributed by atoms with van der Waals surface area (Å²) >= 11 is 0. The van der Waals surface area contributed by atoms with Gasteiger partial charge in [-0.1, -0.05) is 237 Å². The van der Waals surface area contributed by atoms with Crippen LogP contribution in [0, 0.1) is 0 Å². The van der Waals surface area contributed by atoms with Gasteiger partial charge in [0.25, 0.3) is 0 Å². The number of hydrogen-bond acceptors (Lipinski definition) is 3. The van der Waals surface area contributed by atoms with Crippen molar-refractivity contribution in [1.82, 2.24) is 28.7 Å². The standard InChI is InChI=1S/C69H46N6Si/c1-5-23-47(24-6-1)48-25-21-33-53(45-48)76(51-29-9-3-10-30-51,52-31-11-4-12-32-52)54-34-22-26-49(46-54)67-70-68(74-60-39-17-13-35-55(60)56-36-14-18-40-61(56)74)72-69(71-67)75-62-41-19-15-37-57(62)58-43-44-64-65(66(58)75)59-38-16-20-42-63(59)73(64)50-27-7-2-8-28-50/h1-46H. The zero-order valence-electron chi connectivity index (χ0n) is 41.2. The van der Waals surface area contributed by atoms with Gasteiger partial charge in [-0.2, -0.15) is 15.0 Å². The van der Waals surface area contributed by atoms with Gasteiger partial charge in [0.15, 0.2) is 13.9 Å². The zero-order chi connectivity index (χ0) is 50.2. The van der Waals surface area contributed by atoms with Crippen LogP contribution < -0.4 is 20.7 Å². The van der Waals surface area contributed by atoms with Crippen molar-refractivity contribution in [3.8, 4) is 40.1 Å². The third kappa shape index (κ3) is 6.69. The molecule has 0 fully saturated rings. The monoisotopic (exact) mass is 986 g/mol. The largest absolute Gasteiger partial charge is 0.309 e. The van der Waals surface area contributed by atoms with Crippen LogP contribution in [0.5, 0.6) is 0 Å². The van der Waals surface area contributed by atoms with Crippen LogP contribution in [0.25, 0.3) is 106 Å². The van der Waals surface area contributed by atoms with Crippen LogP contribution in [-0.4, -0.2) is 36.7 Å². The maximum atomic E-state index is 5.70. The average Bonchev–Trinajstić information content (AvgIpc) is 4.16. The van der Waals surface area contributed by atoms with E-state index in [4.69, 9.17) is 15.0 Å². The highest BCUT2D eigenvalue weighted by Gasteiger charge is 2.42. The van der Waals surface area contributed by atoms with Crippen molar-refractivity contribution in [2.75, 3.05) is 0 Å². The summed E-state index contributed by atoms with van der Waals surface area (Å²) in [6, 6.07) is 101. The molecule has 6 nitrogen and oxygen atoms in total. The second-order valence-corrected chi connectivity index (χ2v) is 23.3. The Labute approximate surface area is 439 Å². The van der Waals surface area contributed by atoms with E-state index >= 15 is 0 Å². The van der Waals surface area contributed by atoms with Crippen LogP contribution in [-0.2, 0) is 0 Å². The van der Waals surface area contributed by atoms with Gasteiger partial charge >= 0.3 is 0 Å². The molecule has 0 N–H and O–H groups in total. The minimum absolute atomic E-state index is 0.535. The third-order valence-electron chi connectivity index (χ3n) is 15.4. The predicted molar refractivity (Wildman–Crippen MR) is 317 cm³/mol. The van der Waals surface area contributed by atoms with Crippen molar-refractivity contribution in [3.63, 3.8) is 0 Å². The van der Waals surface area contributed by atoms with Gasteiger partial charge in [0.05, 0.1) is 33.1 Å². The molecule has 0 saturated carbocycles. The summed E-state index contributed by atoms with van der Waals surface area (Å²) in [6.07, 6.45) is 0. The molecule has 76 heavy (non-hydrogen) atoms. The Morgan fingerprint density at radius 2 is 0.684 bits per heavy atom. The Morgan fingerprint density at radius 3 is 1.28 bits per heavy atom. The Morgan fingerprint density at radius 1 is 0.263 bits per heavy atom. The van der Waals surface area contributed by atoms with Gasteiger partial charge in [0.1, 0.15) is 0 Å². The highest BCUT2D eigenvalue weighted by Crippen LogP contribution is 2.42. The Balaban J connectivity index is 1.05. The lowest BCUT2D eigenvalue weighted by atomic mass is 10.1. The van der Waals surface area contributed by atoms with E-state index in [1.165, 1.54) is 31.9 Å². The molecule has 7 heteroatoms. The fraction of sp³-hybridized carbons (Fsp3) is 0. The second-order valence-electron chi connectivity index (χ2n) is 19.5. The first-order chi connectivity index (χ1) is 37.7. The Bertz CT molecular complexity index is 4600. The zero-order valence-corrected chi connectivity index (χ0v) is 42.2. The fourth-order valence-electron chi connectivity index (χ4n) is 12.2. The summed E-state index contributed by atoms with van der Waals surface area (Å²) in [6.45, 7) is 0. The van der Waals surface area contributed by atoms with Gasteiger partial charge in [-0.15, -0.1) is 0 Å². The van der Waals surface area contributed by atoms with Gasteiger partial charge in [-0.25, -0.2) is 0 Å². The molecule has 0 radical (unpaired) electrons. The van der Waals surface area contributed by atoms with Crippen molar-refractivity contribution in [2.24, 2.45) is 0 Å². The first-order valence-corrected chi connectivity index (χ1v) is 27.9. The van der Waals surface area contributed by atoms with Crippen molar-refractivity contribution in [1.29, 1.82) is 0 Å². The van der Waals surface area contributed by atoms with Gasteiger partial charge in [0.2, 0.25) is 11.9 Å². The number of hydrogen-bond donors (Lipinski definition) is 0. The molecule has 0 aliphatic heterocycles. The molecule has 0 aliphatic carbocycles. The van der Waals surface area contributed by atoms with Crippen molar-refractivity contribution in [2.45, 2.75) is 0 Å². The molecule has 4 aromatic heterocycles. The molecule has 4 heterocycles. The van der Waals surface area contributed by atoms with Crippen LogP contribution in [0.3, 0.4) is 0 Å². The minimum Gasteiger partial charge on any atom is -0.309 e. The molecule has 15 rings (SSSR count). The van der Waals surface area contributed by atoms with E-state index in [-0.39, 0.29) is 0 Å². The smallest absolute Gasteiger partial charge is 0.240 e. The Kier molecular flexibility index (Phi) is 10.1. The molecule has 0 saturated heterocycles. The van der Waals surface area contributed by atoms with Gasteiger partial charge < -0.3 is 4.57 Å². The number of aromatic nitrogens is 6. The van der Waals surface area contributed by atoms with Crippen molar-refractivity contribution in [3.05, 3.63) is 279 Å². The van der Waals surface area contributed by atoms with Gasteiger partial charge in [-0.05, 0) is 74.3 Å². The average molecular weight is 987 g/mol. The van der Waals surface area contributed by atoms with E-state index < -0.39 is 8.07 Å². The summed E-state index contributed by atoms with van der Waals surface area (Å²) in [5, 5.41) is 11.9. The minimum atomic E-state index is -3.07. The molecule has 0 unspecified atom stereocenters.